The Bertz CT molecular complexity index is 846. The predicted octanol–water partition coefficient (Wildman–Crippen LogP) is 3.92. The molecule has 26 heavy (non-hydrogen) atoms. The Labute approximate surface area is 163 Å². The molecule has 3 rings (SSSR count). The monoisotopic (exact) mass is 390 g/mol. The number of aromatic nitrogens is 2. The number of likely N-dealkylation sites (N-methyl/N-ethyl adjacent to an activating group) is 1. The molecule has 1 aliphatic carbocycles. The molecule has 2 aromatic rings. The third-order valence-electron chi connectivity index (χ3n) is 4.68. The van der Waals surface area contributed by atoms with Gasteiger partial charge in [0.2, 0.25) is 5.91 Å². The van der Waals surface area contributed by atoms with E-state index in [1.807, 2.05) is 13.8 Å². The van der Waals surface area contributed by atoms with Gasteiger partial charge >= 0.3 is 0 Å². The molecule has 0 radical (unpaired) electrons. The van der Waals surface area contributed by atoms with E-state index >= 15 is 0 Å². The van der Waals surface area contributed by atoms with Crippen molar-refractivity contribution in [3.05, 3.63) is 22.6 Å². The molecule has 5 nitrogen and oxygen atoms in total. The van der Waals surface area contributed by atoms with Crippen molar-refractivity contribution in [2.75, 3.05) is 24.6 Å². The number of thioether (sulfide) groups is 1. The summed E-state index contributed by atoms with van der Waals surface area (Å²) in [5.41, 5.74) is 8.57. The lowest BCUT2D eigenvalue weighted by molar-refractivity contribution is -0.127. The fourth-order valence-electron chi connectivity index (χ4n) is 3.33. The molecule has 0 aliphatic heterocycles. The van der Waals surface area contributed by atoms with Crippen LogP contribution in [0.25, 0.3) is 10.2 Å². The van der Waals surface area contributed by atoms with Crippen molar-refractivity contribution >= 4 is 45.0 Å². The van der Waals surface area contributed by atoms with Crippen molar-refractivity contribution in [1.82, 2.24) is 14.9 Å². The highest BCUT2D eigenvalue weighted by atomic mass is 32.2. The summed E-state index contributed by atoms with van der Waals surface area (Å²) in [4.78, 5) is 25.7. The third kappa shape index (κ3) is 4.04. The average molecular weight is 391 g/mol. The number of thiophene rings is 1. The first-order valence-corrected chi connectivity index (χ1v) is 10.8. The first-order valence-electron chi connectivity index (χ1n) is 9.01. The van der Waals surface area contributed by atoms with E-state index in [1.165, 1.54) is 28.6 Å². The zero-order chi connectivity index (χ0) is 18.8. The quantitative estimate of drug-likeness (QED) is 0.460. The number of fused-ring (bicyclic) bond motifs is 3. The number of nitrogen functional groups attached to an aromatic ring is 1. The number of rotatable bonds is 6. The number of nitrogens with two attached hydrogens (primary N) is 1. The van der Waals surface area contributed by atoms with E-state index in [4.69, 9.17) is 5.73 Å². The Morgan fingerprint density at radius 2 is 2.23 bits per heavy atom. The summed E-state index contributed by atoms with van der Waals surface area (Å²) in [6, 6.07) is 0. The van der Waals surface area contributed by atoms with Gasteiger partial charge in [-0.1, -0.05) is 30.8 Å². The molecule has 0 aromatic carbocycles. The van der Waals surface area contributed by atoms with Crippen LogP contribution in [0.4, 0.5) is 5.82 Å². The van der Waals surface area contributed by atoms with Gasteiger partial charge < -0.3 is 10.6 Å². The zero-order valence-electron chi connectivity index (χ0n) is 15.7. The van der Waals surface area contributed by atoms with Gasteiger partial charge in [0, 0.05) is 18.0 Å². The van der Waals surface area contributed by atoms with Gasteiger partial charge in [-0.3, -0.25) is 4.79 Å². The average Bonchev–Trinajstić information content (AvgIpc) is 2.94. The first-order chi connectivity index (χ1) is 12.4. The van der Waals surface area contributed by atoms with E-state index in [0.717, 1.165) is 28.6 Å². The Hall–Kier alpha value is -1.60. The van der Waals surface area contributed by atoms with Crippen LogP contribution in [0.2, 0.25) is 0 Å². The van der Waals surface area contributed by atoms with Gasteiger partial charge in [-0.15, -0.1) is 11.3 Å². The van der Waals surface area contributed by atoms with Gasteiger partial charge in [0.1, 0.15) is 10.6 Å². The number of nitrogens with zero attached hydrogens (tertiary/aromatic N) is 3. The standard InChI is InChI=1S/C19H26N4OS2/c1-5-23(9-11(2)3)15(24)10-25-19-21-17(20)16-13-7-6-12(4)8-14(13)26-18(16)22-19/h12H,2,5-10H2,1,3-4H3,(H2,20,21,22). The summed E-state index contributed by atoms with van der Waals surface area (Å²) in [6.07, 6.45) is 3.35. The van der Waals surface area contributed by atoms with Crippen LogP contribution in [0.1, 0.15) is 37.6 Å². The minimum atomic E-state index is 0.0714. The first kappa shape index (κ1) is 19.2. The lowest BCUT2D eigenvalue weighted by Crippen LogP contribution is -2.33. The van der Waals surface area contributed by atoms with Crippen molar-refractivity contribution in [3.8, 4) is 0 Å². The molecule has 7 heteroatoms. The maximum absolute atomic E-state index is 12.4. The van der Waals surface area contributed by atoms with Crippen LogP contribution in [0.5, 0.6) is 0 Å². The number of hydrogen-bond acceptors (Lipinski definition) is 6. The third-order valence-corrected chi connectivity index (χ3v) is 6.66. The van der Waals surface area contributed by atoms with Crippen LogP contribution in [0, 0.1) is 5.92 Å². The Morgan fingerprint density at radius 3 is 2.92 bits per heavy atom. The van der Waals surface area contributed by atoms with E-state index in [1.54, 1.807) is 16.2 Å². The lowest BCUT2D eigenvalue weighted by atomic mass is 9.89. The van der Waals surface area contributed by atoms with Crippen molar-refractivity contribution in [2.24, 2.45) is 5.92 Å². The second-order valence-corrected chi connectivity index (χ2v) is 9.10. The van der Waals surface area contributed by atoms with Crippen LogP contribution in [-0.4, -0.2) is 39.6 Å². The summed E-state index contributed by atoms with van der Waals surface area (Å²) in [6.45, 7) is 11.3. The normalized spacial score (nSPS) is 16.5. The van der Waals surface area contributed by atoms with Gasteiger partial charge in [-0.2, -0.15) is 0 Å². The second-order valence-electron chi connectivity index (χ2n) is 7.08. The molecule has 1 aliphatic rings. The van der Waals surface area contributed by atoms with E-state index in [2.05, 4.69) is 23.5 Å². The maximum atomic E-state index is 12.4. The lowest BCUT2D eigenvalue weighted by Gasteiger charge is -2.20. The SMILES string of the molecule is C=C(C)CN(CC)C(=O)CSc1nc(N)c2c3c(sc2n1)CC(C)CC3. The molecule has 2 N–H and O–H groups in total. The molecule has 2 aromatic heterocycles. The fourth-order valence-corrected chi connectivity index (χ4v) is 5.54. The van der Waals surface area contributed by atoms with Crippen LogP contribution in [0.15, 0.2) is 17.3 Å². The second kappa shape index (κ2) is 7.96. The van der Waals surface area contributed by atoms with Gasteiger partial charge in [0.15, 0.2) is 5.16 Å². The number of hydrogen-bond donors (Lipinski definition) is 1. The van der Waals surface area contributed by atoms with E-state index < -0.39 is 0 Å². The topological polar surface area (TPSA) is 72.1 Å². The zero-order valence-corrected chi connectivity index (χ0v) is 17.3. The highest BCUT2D eigenvalue weighted by Crippen LogP contribution is 2.39. The predicted molar refractivity (Wildman–Crippen MR) is 111 cm³/mol. The van der Waals surface area contributed by atoms with Crippen LogP contribution in [0.3, 0.4) is 0 Å². The molecule has 0 bridgehead atoms. The van der Waals surface area contributed by atoms with Crippen LogP contribution < -0.4 is 5.73 Å². The molecule has 1 unspecified atom stereocenters. The van der Waals surface area contributed by atoms with Gasteiger partial charge in [-0.25, -0.2) is 9.97 Å². The molecule has 0 fully saturated rings. The summed E-state index contributed by atoms with van der Waals surface area (Å²) in [7, 11) is 0. The number of aryl methyl sites for hydroxylation is 1. The molecule has 140 valence electrons. The van der Waals surface area contributed by atoms with E-state index in [-0.39, 0.29) is 5.91 Å². The van der Waals surface area contributed by atoms with E-state index in [9.17, 15) is 4.79 Å². The minimum absolute atomic E-state index is 0.0714. The fraction of sp³-hybridized carbons (Fsp3) is 0.526. The Morgan fingerprint density at radius 1 is 1.46 bits per heavy atom. The van der Waals surface area contributed by atoms with Crippen molar-refractivity contribution in [3.63, 3.8) is 0 Å². The highest BCUT2D eigenvalue weighted by molar-refractivity contribution is 7.99. The number of anilines is 1. The van der Waals surface area contributed by atoms with Gasteiger partial charge in [-0.05, 0) is 44.6 Å². The van der Waals surface area contributed by atoms with Crippen molar-refractivity contribution in [1.29, 1.82) is 0 Å². The van der Waals surface area contributed by atoms with Crippen LogP contribution in [-0.2, 0) is 17.6 Å². The summed E-state index contributed by atoms with van der Waals surface area (Å²) < 4.78 is 0. The minimum Gasteiger partial charge on any atom is -0.383 e. The van der Waals surface area contributed by atoms with Crippen molar-refractivity contribution in [2.45, 2.75) is 45.2 Å². The number of amides is 1. The largest absolute Gasteiger partial charge is 0.383 e. The maximum Gasteiger partial charge on any atom is 0.233 e. The summed E-state index contributed by atoms with van der Waals surface area (Å²) >= 11 is 3.09. The highest BCUT2D eigenvalue weighted by Gasteiger charge is 2.23. The molecule has 1 amide bonds. The molecule has 0 saturated heterocycles. The summed E-state index contributed by atoms with van der Waals surface area (Å²) in [5.74, 6) is 1.65. The Kier molecular flexibility index (Phi) is 5.87. The molecular formula is C19H26N4OS2. The molecular weight excluding hydrogens is 364 g/mol. The molecule has 0 spiro atoms. The number of carbonyl (C=O) groups excluding carboxylic acids is 1. The summed E-state index contributed by atoms with van der Waals surface area (Å²) in [5, 5.41) is 1.62. The van der Waals surface area contributed by atoms with Gasteiger partial charge in [0.05, 0.1) is 11.1 Å². The van der Waals surface area contributed by atoms with Gasteiger partial charge in [0.25, 0.3) is 0 Å². The number of carbonyl (C=O) groups is 1. The van der Waals surface area contributed by atoms with Crippen LogP contribution >= 0.6 is 23.1 Å². The van der Waals surface area contributed by atoms with Crippen molar-refractivity contribution < 1.29 is 4.79 Å². The smallest absolute Gasteiger partial charge is 0.233 e. The molecule has 1 atom stereocenters. The molecule has 2 heterocycles. The Balaban J connectivity index is 1.77. The van der Waals surface area contributed by atoms with E-state index in [0.29, 0.717) is 35.7 Å². The molecule has 0 saturated carbocycles.